The van der Waals surface area contributed by atoms with Gasteiger partial charge in [-0.25, -0.2) is 4.79 Å². The summed E-state index contributed by atoms with van der Waals surface area (Å²) in [5.41, 5.74) is 8.45. The molecule has 1 heterocycles. The van der Waals surface area contributed by atoms with E-state index in [1.54, 1.807) is 4.90 Å². The van der Waals surface area contributed by atoms with Gasteiger partial charge in [0, 0.05) is 6.54 Å². The Hall–Kier alpha value is -1.55. The minimum absolute atomic E-state index is 0.267. The van der Waals surface area contributed by atoms with Crippen molar-refractivity contribution >= 4 is 11.8 Å². The number of fused-ring (bicyclic) bond motifs is 1. The molecule has 0 atom stereocenters. The molecule has 1 aliphatic rings. The Morgan fingerprint density at radius 2 is 2.16 bits per heavy atom. The highest BCUT2D eigenvalue weighted by atomic mass is 16.6. The zero-order chi connectivity index (χ0) is 14.0. The summed E-state index contributed by atoms with van der Waals surface area (Å²) < 4.78 is 5.44. The van der Waals surface area contributed by atoms with Crippen molar-refractivity contribution in [1.29, 1.82) is 0 Å². The smallest absolute Gasteiger partial charge is 0.414 e. The second-order valence-corrected chi connectivity index (χ2v) is 5.88. The van der Waals surface area contributed by atoms with Crippen LogP contribution < -0.4 is 10.6 Å². The van der Waals surface area contributed by atoms with Crippen LogP contribution in [-0.4, -0.2) is 24.8 Å². The second-order valence-electron chi connectivity index (χ2n) is 5.88. The number of nitrogens with zero attached hydrogens (tertiary/aromatic N) is 1. The number of carbonyl (C=O) groups excluding carboxylic acids is 1. The lowest BCUT2D eigenvalue weighted by atomic mass is 10.1. The first-order valence-electron chi connectivity index (χ1n) is 6.73. The number of rotatable bonds is 2. The highest BCUT2D eigenvalue weighted by Gasteiger charge is 2.28. The third kappa shape index (κ3) is 3.26. The molecule has 0 aromatic heterocycles. The van der Waals surface area contributed by atoms with Gasteiger partial charge >= 0.3 is 6.09 Å². The summed E-state index contributed by atoms with van der Waals surface area (Å²) in [6, 6.07) is 6.23. The van der Waals surface area contributed by atoms with Gasteiger partial charge in [-0.15, -0.1) is 0 Å². The van der Waals surface area contributed by atoms with Crippen molar-refractivity contribution in [1.82, 2.24) is 0 Å². The third-order valence-electron chi connectivity index (χ3n) is 3.09. The average molecular weight is 262 g/mol. The molecule has 0 fully saturated rings. The van der Waals surface area contributed by atoms with Crippen LogP contribution >= 0.6 is 0 Å². The van der Waals surface area contributed by atoms with E-state index >= 15 is 0 Å². The van der Waals surface area contributed by atoms with E-state index in [2.05, 4.69) is 18.2 Å². The van der Waals surface area contributed by atoms with Gasteiger partial charge in [0.1, 0.15) is 5.60 Å². The van der Waals surface area contributed by atoms with Crippen molar-refractivity contribution in [2.45, 2.75) is 39.2 Å². The van der Waals surface area contributed by atoms with Crippen molar-refractivity contribution < 1.29 is 9.53 Å². The largest absolute Gasteiger partial charge is 0.443 e. The highest BCUT2D eigenvalue weighted by molar-refractivity contribution is 5.90. The Morgan fingerprint density at radius 3 is 2.79 bits per heavy atom. The van der Waals surface area contributed by atoms with Gasteiger partial charge in [0.2, 0.25) is 0 Å². The van der Waals surface area contributed by atoms with E-state index in [9.17, 15) is 4.79 Å². The molecule has 1 aromatic carbocycles. The summed E-state index contributed by atoms with van der Waals surface area (Å²) in [4.78, 5) is 13.9. The maximum atomic E-state index is 12.2. The van der Waals surface area contributed by atoms with Gasteiger partial charge in [-0.2, -0.15) is 0 Å². The van der Waals surface area contributed by atoms with Crippen LogP contribution in [0.3, 0.4) is 0 Å². The van der Waals surface area contributed by atoms with Gasteiger partial charge in [0.05, 0.1) is 5.69 Å². The second kappa shape index (κ2) is 5.21. The Labute approximate surface area is 114 Å². The zero-order valence-electron chi connectivity index (χ0n) is 11.9. The van der Waals surface area contributed by atoms with Crippen LogP contribution in [0.4, 0.5) is 10.5 Å². The molecule has 0 saturated heterocycles. The van der Waals surface area contributed by atoms with Crippen LogP contribution in [0.15, 0.2) is 18.2 Å². The minimum atomic E-state index is -0.464. The molecular weight excluding hydrogens is 240 g/mol. The number of nitrogens with two attached hydrogens (primary N) is 1. The number of anilines is 1. The van der Waals surface area contributed by atoms with Crippen molar-refractivity contribution in [3.63, 3.8) is 0 Å². The molecule has 1 aliphatic heterocycles. The van der Waals surface area contributed by atoms with Crippen molar-refractivity contribution in [2.75, 3.05) is 18.0 Å². The van der Waals surface area contributed by atoms with Crippen LogP contribution in [0.25, 0.3) is 0 Å². The fourth-order valence-corrected chi connectivity index (χ4v) is 2.25. The maximum absolute atomic E-state index is 12.2. The third-order valence-corrected chi connectivity index (χ3v) is 3.09. The Balaban J connectivity index is 2.20. The van der Waals surface area contributed by atoms with E-state index in [0.717, 1.165) is 24.1 Å². The number of amides is 1. The normalized spacial score (nSPS) is 14.4. The molecular formula is C15H22N2O2. The first-order chi connectivity index (χ1) is 8.90. The lowest BCUT2D eigenvalue weighted by Crippen LogP contribution is -2.35. The standard InChI is InChI=1S/C15H22N2O2/c1-15(2,3)19-14(18)17-9-7-12-5-4-11(6-8-16)10-13(12)17/h4-5,10H,6-9,16H2,1-3H3. The molecule has 1 amide bonds. The van der Waals surface area contributed by atoms with Gasteiger partial charge in [-0.3, -0.25) is 4.90 Å². The van der Waals surface area contributed by atoms with E-state index in [4.69, 9.17) is 10.5 Å². The lowest BCUT2D eigenvalue weighted by Gasteiger charge is -2.25. The summed E-state index contributed by atoms with van der Waals surface area (Å²) in [6.45, 7) is 6.95. The summed E-state index contributed by atoms with van der Waals surface area (Å²) in [5.74, 6) is 0. The van der Waals surface area contributed by atoms with Crippen LogP contribution in [0.2, 0.25) is 0 Å². The molecule has 104 valence electrons. The average Bonchev–Trinajstić information content (AvgIpc) is 2.70. The molecule has 4 nitrogen and oxygen atoms in total. The van der Waals surface area contributed by atoms with Crippen LogP contribution in [0.1, 0.15) is 31.9 Å². The van der Waals surface area contributed by atoms with E-state index in [0.29, 0.717) is 13.1 Å². The first kappa shape index (κ1) is 13.9. The summed E-state index contributed by atoms with van der Waals surface area (Å²) >= 11 is 0. The van der Waals surface area contributed by atoms with Crippen molar-refractivity contribution in [2.24, 2.45) is 5.73 Å². The molecule has 1 aromatic rings. The Morgan fingerprint density at radius 1 is 1.42 bits per heavy atom. The minimum Gasteiger partial charge on any atom is -0.443 e. The predicted octanol–water partition coefficient (Wildman–Crippen LogP) is 2.49. The van der Waals surface area contributed by atoms with E-state index in [1.165, 1.54) is 5.56 Å². The molecule has 2 rings (SSSR count). The molecule has 0 radical (unpaired) electrons. The number of hydrogen-bond donors (Lipinski definition) is 1. The van der Waals surface area contributed by atoms with Gasteiger partial charge in [-0.05, 0) is 57.4 Å². The van der Waals surface area contributed by atoms with Crippen molar-refractivity contribution in [3.05, 3.63) is 29.3 Å². The zero-order valence-corrected chi connectivity index (χ0v) is 11.9. The molecule has 2 N–H and O–H groups in total. The van der Waals surface area contributed by atoms with Gasteiger partial charge in [-0.1, -0.05) is 12.1 Å². The van der Waals surface area contributed by atoms with Crippen LogP contribution in [-0.2, 0) is 17.6 Å². The Bertz CT molecular complexity index is 478. The highest BCUT2D eigenvalue weighted by Crippen LogP contribution is 2.30. The summed E-state index contributed by atoms with van der Waals surface area (Å²) in [5, 5.41) is 0. The van der Waals surface area contributed by atoms with E-state index in [-0.39, 0.29) is 6.09 Å². The lowest BCUT2D eigenvalue weighted by molar-refractivity contribution is 0.0584. The summed E-state index contributed by atoms with van der Waals surface area (Å²) in [6.07, 6.45) is 1.45. The predicted molar refractivity (Wildman–Crippen MR) is 76.5 cm³/mol. The Kier molecular flexibility index (Phi) is 3.80. The van der Waals surface area contributed by atoms with Gasteiger partial charge in [0.25, 0.3) is 0 Å². The number of hydrogen-bond acceptors (Lipinski definition) is 3. The molecule has 0 bridgehead atoms. The van der Waals surface area contributed by atoms with E-state index < -0.39 is 5.60 Å². The van der Waals surface area contributed by atoms with Crippen LogP contribution in [0, 0.1) is 0 Å². The van der Waals surface area contributed by atoms with E-state index in [1.807, 2.05) is 20.8 Å². The van der Waals surface area contributed by atoms with Crippen LogP contribution in [0.5, 0.6) is 0 Å². The van der Waals surface area contributed by atoms with Gasteiger partial charge in [0.15, 0.2) is 0 Å². The quantitative estimate of drug-likeness (QED) is 0.891. The SMILES string of the molecule is CC(C)(C)OC(=O)N1CCc2ccc(CCN)cc21. The number of benzene rings is 1. The monoisotopic (exact) mass is 262 g/mol. The fraction of sp³-hybridized carbons (Fsp3) is 0.533. The molecule has 0 aliphatic carbocycles. The number of carbonyl (C=O) groups is 1. The maximum Gasteiger partial charge on any atom is 0.414 e. The molecule has 0 spiro atoms. The fourth-order valence-electron chi connectivity index (χ4n) is 2.25. The molecule has 4 heteroatoms. The first-order valence-corrected chi connectivity index (χ1v) is 6.73. The van der Waals surface area contributed by atoms with Gasteiger partial charge < -0.3 is 10.5 Å². The summed E-state index contributed by atoms with van der Waals surface area (Å²) in [7, 11) is 0. The molecule has 19 heavy (non-hydrogen) atoms. The molecule has 0 saturated carbocycles. The topological polar surface area (TPSA) is 55.6 Å². The molecule has 0 unspecified atom stereocenters. The number of ether oxygens (including phenoxy) is 1. The van der Waals surface area contributed by atoms with Crippen molar-refractivity contribution in [3.8, 4) is 0 Å².